The van der Waals surface area contributed by atoms with Gasteiger partial charge in [0, 0.05) is 30.4 Å². The number of pyridine rings is 1. The molecule has 0 saturated carbocycles. The molecule has 2 rings (SSSR count). The standard InChI is InChI=1S/C15H21N3O3S/c1-4-22(19,20)18-9-8-16-14-11(2)10-17-15-12(14)6-5-7-13(15)21-3/h5-7,10,18H,4,8-9H2,1-3H3,(H,16,17). The Morgan fingerprint density at radius 1 is 1.27 bits per heavy atom. The number of sulfonamides is 1. The van der Waals surface area contributed by atoms with Gasteiger partial charge in [-0.15, -0.1) is 0 Å². The predicted octanol–water partition coefficient (Wildman–Crippen LogP) is 1.90. The number of ether oxygens (including phenoxy) is 1. The van der Waals surface area contributed by atoms with Gasteiger partial charge in [-0.3, -0.25) is 4.98 Å². The number of aromatic nitrogens is 1. The van der Waals surface area contributed by atoms with Gasteiger partial charge >= 0.3 is 0 Å². The van der Waals surface area contributed by atoms with Crippen molar-refractivity contribution in [1.29, 1.82) is 0 Å². The molecule has 0 bridgehead atoms. The van der Waals surface area contributed by atoms with Crippen molar-refractivity contribution < 1.29 is 13.2 Å². The molecule has 0 spiro atoms. The van der Waals surface area contributed by atoms with Crippen LogP contribution in [0.15, 0.2) is 24.4 Å². The third kappa shape index (κ3) is 3.66. The van der Waals surface area contributed by atoms with Gasteiger partial charge in [-0.25, -0.2) is 13.1 Å². The first-order valence-electron chi connectivity index (χ1n) is 7.12. The van der Waals surface area contributed by atoms with Crippen LogP contribution in [0.2, 0.25) is 0 Å². The zero-order valence-electron chi connectivity index (χ0n) is 13.0. The zero-order chi connectivity index (χ0) is 16.2. The Balaban J connectivity index is 2.19. The van der Waals surface area contributed by atoms with Crippen LogP contribution in [0.25, 0.3) is 10.9 Å². The fraction of sp³-hybridized carbons (Fsp3) is 0.400. The van der Waals surface area contributed by atoms with Crippen LogP contribution in [-0.2, 0) is 10.0 Å². The summed E-state index contributed by atoms with van der Waals surface area (Å²) in [7, 11) is -1.55. The zero-order valence-corrected chi connectivity index (χ0v) is 13.8. The minimum atomic E-state index is -3.16. The number of benzene rings is 1. The van der Waals surface area contributed by atoms with Gasteiger partial charge in [-0.05, 0) is 25.5 Å². The highest BCUT2D eigenvalue weighted by atomic mass is 32.2. The van der Waals surface area contributed by atoms with Crippen molar-refractivity contribution in [1.82, 2.24) is 9.71 Å². The van der Waals surface area contributed by atoms with E-state index < -0.39 is 10.0 Å². The minimum Gasteiger partial charge on any atom is -0.494 e. The van der Waals surface area contributed by atoms with Gasteiger partial charge in [0.2, 0.25) is 10.0 Å². The molecular weight excluding hydrogens is 302 g/mol. The van der Waals surface area contributed by atoms with Crippen LogP contribution < -0.4 is 14.8 Å². The van der Waals surface area contributed by atoms with Gasteiger partial charge in [0.15, 0.2) is 0 Å². The van der Waals surface area contributed by atoms with Crippen molar-refractivity contribution in [3.8, 4) is 5.75 Å². The number of rotatable bonds is 7. The molecule has 22 heavy (non-hydrogen) atoms. The Hall–Kier alpha value is -1.86. The second-order valence-corrected chi connectivity index (χ2v) is 6.99. The summed E-state index contributed by atoms with van der Waals surface area (Å²) in [6, 6.07) is 5.74. The van der Waals surface area contributed by atoms with Crippen LogP contribution in [-0.4, -0.2) is 39.4 Å². The monoisotopic (exact) mass is 323 g/mol. The molecule has 1 heterocycles. The van der Waals surface area contributed by atoms with Gasteiger partial charge in [-0.2, -0.15) is 0 Å². The minimum absolute atomic E-state index is 0.0847. The van der Waals surface area contributed by atoms with E-state index in [1.165, 1.54) is 0 Å². The van der Waals surface area contributed by atoms with Crippen molar-refractivity contribution in [2.75, 3.05) is 31.3 Å². The number of fused-ring (bicyclic) bond motifs is 1. The molecule has 0 aliphatic rings. The number of nitrogens with one attached hydrogen (secondary N) is 2. The molecule has 0 amide bonds. The van der Waals surface area contributed by atoms with E-state index in [1.54, 1.807) is 20.2 Å². The van der Waals surface area contributed by atoms with Crippen molar-refractivity contribution in [3.63, 3.8) is 0 Å². The van der Waals surface area contributed by atoms with Gasteiger partial charge in [0.05, 0.1) is 12.9 Å². The SMILES string of the molecule is CCS(=O)(=O)NCCNc1c(C)cnc2c(OC)cccc12. The molecule has 0 fully saturated rings. The van der Waals surface area contributed by atoms with Crippen LogP contribution in [0.4, 0.5) is 5.69 Å². The highest BCUT2D eigenvalue weighted by molar-refractivity contribution is 7.89. The summed E-state index contributed by atoms with van der Waals surface area (Å²) >= 11 is 0. The van der Waals surface area contributed by atoms with Gasteiger partial charge < -0.3 is 10.1 Å². The summed E-state index contributed by atoms with van der Waals surface area (Å²) in [5, 5.41) is 4.24. The molecule has 0 aliphatic heterocycles. The number of anilines is 1. The highest BCUT2D eigenvalue weighted by Crippen LogP contribution is 2.30. The topological polar surface area (TPSA) is 80.3 Å². The van der Waals surface area contributed by atoms with Gasteiger partial charge in [0.25, 0.3) is 0 Å². The summed E-state index contributed by atoms with van der Waals surface area (Å²) < 4.78 is 30.7. The molecule has 1 aromatic carbocycles. The lowest BCUT2D eigenvalue weighted by molar-refractivity contribution is 0.419. The van der Waals surface area contributed by atoms with Crippen molar-refractivity contribution in [2.24, 2.45) is 0 Å². The lowest BCUT2D eigenvalue weighted by Crippen LogP contribution is -2.30. The summed E-state index contributed by atoms with van der Waals surface area (Å²) in [6.45, 7) is 4.41. The molecule has 0 aliphatic carbocycles. The second kappa shape index (κ2) is 6.93. The summed E-state index contributed by atoms with van der Waals surface area (Å²) in [6.07, 6.45) is 1.78. The van der Waals surface area contributed by atoms with Crippen molar-refractivity contribution in [2.45, 2.75) is 13.8 Å². The molecule has 2 N–H and O–H groups in total. The van der Waals surface area contributed by atoms with E-state index in [0.29, 0.717) is 18.8 Å². The Kier molecular flexibility index (Phi) is 5.20. The molecule has 0 saturated heterocycles. The molecule has 0 atom stereocenters. The van der Waals surface area contributed by atoms with E-state index in [0.717, 1.165) is 22.2 Å². The molecule has 2 aromatic rings. The first kappa shape index (κ1) is 16.5. The quantitative estimate of drug-likeness (QED) is 0.761. The highest BCUT2D eigenvalue weighted by Gasteiger charge is 2.10. The molecule has 6 nitrogen and oxygen atoms in total. The Morgan fingerprint density at radius 2 is 2.05 bits per heavy atom. The average Bonchev–Trinajstić information content (AvgIpc) is 2.52. The fourth-order valence-electron chi connectivity index (χ4n) is 2.19. The van der Waals surface area contributed by atoms with Crippen LogP contribution in [0.3, 0.4) is 0 Å². The maximum atomic E-state index is 11.4. The second-order valence-electron chi connectivity index (χ2n) is 4.90. The summed E-state index contributed by atoms with van der Waals surface area (Å²) in [4.78, 5) is 4.42. The Morgan fingerprint density at radius 3 is 2.73 bits per heavy atom. The van der Waals surface area contributed by atoms with Crippen LogP contribution >= 0.6 is 0 Å². The molecule has 1 aromatic heterocycles. The van der Waals surface area contributed by atoms with Crippen LogP contribution in [0.5, 0.6) is 5.75 Å². The molecule has 0 radical (unpaired) electrons. The number of hydrogen-bond donors (Lipinski definition) is 2. The number of hydrogen-bond acceptors (Lipinski definition) is 5. The smallest absolute Gasteiger partial charge is 0.211 e. The normalized spacial score (nSPS) is 11.6. The third-order valence-electron chi connectivity index (χ3n) is 3.40. The number of nitrogens with zero attached hydrogens (tertiary/aromatic N) is 1. The van der Waals surface area contributed by atoms with E-state index in [-0.39, 0.29) is 5.75 Å². The molecule has 7 heteroatoms. The number of methoxy groups -OCH3 is 1. The third-order valence-corrected chi connectivity index (χ3v) is 4.80. The Labute approximate surface area is 130 Å². The van der Waals surface area contributed by atoms with Crippen LogP contribution in [0, 0.1) is 6.92 Å². The van der Waals surface area contributed by atoms with Crippen molar-refractivity contribution in [3.05, 3.63) is 30.0 Å². The van der Waals surface area contributed by atoms with Crippen molar-refractivity contribution >= 4 is 26.6 Å². The largest absolute Gasteiger partial charge is 0.494 e. The van der Waals surface area contributed by atoms with E-state index >= 15 is 0 Å². The number of aryl methyl sites for hydroxylation is 1. The maximum Gasteiger partial charge on any atom is 0.211 e. The first-order chi connectivity index (χ1) is 10.5. The summed E-state index contributed by atoms with van der Waals surface area (Å²) in [5.74, 6) is 0.800. The predicted molar refractivity (Wildman–Crippen MR) is 89.0 cm³/mol. The molecular formula is C15H21N3O3S. The lowest BCUT2D eigenvalue weighted by Gasteiger charge is -2.14. The fourth-order valence-corrected chi connectivity index (χ4v) is 2.81. The molecule has 120 valence electrons. The van der Waals surface area contributed by atoms with E-state index in [1.807, 2.05) is 25.1 Å². The first-order valence-corrected chi connectivity index (χ1v) is 8.77. The number of para-hydroxylation sites is 1. The average molecular weight is 323 g/mol. The van der Waals surface area contributed by atoms with Gasteiger partial charge in [-0.1, -0.05) is 12.1 Å². The van der Waals surface area contributed by atoms with Crippen LogP contribution in [0.1, 0.15) is 12.5 Å². The van der Waals surface area contributed by atoms with E-state index in [2.05, 4.69) is 15.0 Å². The van der Waals surface area contributed by atoms with Gasteiger partial charge in [0.1, 0.15) is 11.3 Å². The lowest BCUT2D eigenvalue weighted by atomic mass is 10.1. The maximum absolute atomic E-state index is 11.4. The Bertz CT molecular complexity index is 760. The van der Waals surface area contributed by atoms with E-state index in [4.69, 9.17) is 4.74 Å². The molecule has 0 unspecified atom stereocenters. The summed E-state index contributed by atoms with van der Waals surface area (Å²) in [5.41, 5.74) is 2.73. The van der Waals surface area contributed by atoms with E-state index in [9.17, 15) is 8.42 Å².